The van der Waals surface area contributed by atoms with Crippen LogP contribution in [0.4, 0.5) is 5.69 Å². The van der Waals surface area contributed by atoms with E-state index >= 15 is 0 Å². The summed E-state index contributed by atoms with van der Waals surface area (Å²) in [6, 6.07) is 14.6. The van der Waals surface area contributed by atoms with Gasteiger partial charge in [0, 0.05) is 10.6 Å². The smallest absolute Gasteiger partial charge is 0.234 e. The number of benzene rings is 2. The molecule has 0 unspecified atom stereocenters. The molecule has 0 heterocycles. The van der Waals surface area contributed by atoms with Crippen molar-refractivity contribution in [2.75, 3.05) is 11.1 Å². The highest BCUT2D eigenvalue weighted by Crippen LogP contribution is 2.19. The Morgan fingerprint density at radius 3 is 2.26 bits per heavy atom. The van der Waals surface area contributed by atoms with Crippen LogP contribution in [0.3, 0.4) is 0 Å². The van der Waals surface area contributed by atoms with Gasteiger partial charge in [0.05, 0.1) is 11.5 Å². The number of rotatable bonds is 6. The maximum absolute atomic E-state index is 11.9. The number of aryl methyl sites for hydroxylation is 1. The van der Waals surface area contributed by atoms with Crippen molar-refractivity contribution in [1.29, 1.82) is 0 Å². The van der Waals surface area contributed by atoms with Gasteiger partial charge in [-0.25, -0.2) is 13.6 Å². The molecular formula is C16H18N2O3S2. The molecule has 0 aliphatic rings. The predicted molar refractivity (Wildman–Crippen MR) is 93.8 cm³/mol. The van der Waals surface area contributed by atoms with E-state index in [4.69, 9.17) is 5.14 Å². The molecule has 0 fully saturated rings. The zero-order chi connectivity index (χ0) is 16.9. The highest BCUT2D eigenvalue weighted by atomic mass is 32.2. The zero-order valence-corrected chi connectivity index (χ0v) is 14.3. The number of hydrogen-bond donors (Lipinski definition) is 2. The standard InChI is InChI=1S/C16H18N2O3S2/c1-12-2-8-15(9-3-12)22-10-16(19)18-14-6-4-13(5-7-14)11-23(17,20)21/h2-9H,10-11H2,1H3,(H,18,19)(H2,17,20,21). The lowest BCUT2D eigenvalue weighted by molar-refractivity contribution is -0.113. The van der Waals surface area contributed by atoms with Gasteiger partial charge in [-0.2, -0.15) is 0 Å². The van der Waals surface area contributed by atoms with Crippen molar-refractivity contribution in [1.82, 2.24) is 0 Å². The molecular weight excluding hydrogens is 332 g/mol. The Balaban J connectivity index is 1.86. The highest BCUT2D eigenvalue weighted by Gasteiger charge is 2.06. The summed E-state index contributed by atoms with van der Waals surface area (Å²) in [7, 11) is -3.55. The molecule has 122 valence electrons. The highest BCUT2D eigenvalue weighted by molar-refractivity contribution is 8.00. The molecule has 3 N–H and O–H groups in total. The predicted octanol–water partition coefficient (Wildman–Crippen LogP) is 2.51. The average molecular weight is 350 g/mol. The molecule has 0 bridgehead atoms. The third-order valence-corrected chi connectivity index (χ3v) is 4.74. The van der Waals surface area contributed by atoms with Crippen molar-refractivity contribution in [2.45, 2.75) is 17.6 Å². The Morgan fingerprint density at radius 1 is 1.09 bits per heavy atom. The number of carbonyl (C=O) groups excluding carboxylic acids is 1. The Bertz CT molecular complexity index is 770. The molecule has 1 amide bonds. The van der Waals surface area contributed by atoms with Crippen molar-refractivity contribution in [2.24, 2.45) is 5.14 Å². The maximum atomic E-state index is 11.9. The molecule has 2 aromatic rings. The van der Waals surface area contributed by atoms with E-state index in [1.165, 1.54) is 17.3 Å². The number of anilines is 1. The van der Waals surface area contributed by atoms with Crippen molar-refractivity contribution in [3.63, 3.8) is 0 Å². The molecule has 0 aromatic heterocycles. The van der Waals surface area contributed by atoms with Crippen LogP contribution in [0, 0.1) is 6.92 Å². The largest absolute Gasteiger partial charge is 0.325 e. The van der Waals surface area contributed by atoms with Crippen LogP contribution in [0.25, 0.3) is 0 Å². The first-order valence-electron chi connectivity index (χ1n) is 6.90. The van der Waals surface area contributed by atoms with Gasteiger partial charge in [0.25, 0.3) is 0 Å². The molecule has 5 nitrogen and oxygen atoms in total. The van der Waals surface area contributed by atoms with Gasteiger partial charge >= 0.3 is 0 Å². The third kappa shape index (κ3) is 6.43. The first-order valence-corrected chi connectivity index (χ1v) is 9.61. The van der Waals surface area contributed by atoms with E-state index in [1.807, 2.05) is 31.2 Å². The lowest BCUT2D eigenvalue weighted by Gasteiger charge is -2.06. The second-order valence-corrected chi connectivity index (χ2v) is 7.82. The number of amides is 1. The molecule has 2 rings (SSSR count). The molecule has 7 heteroatoms. The van der Waals surface area contributed by atoms with E-state index in [1.54, 1.807) is 24.3 Å². The molecule has 0 aliphatic heterocycles. The minimum atomic E-state index is -3.55. The van der Waals surface area contributed by atoms with Crippen LogP contribution >= 0.6 is 11.8 Å². The van der Waals surface area contributed by atoms with E-state index < -0.39 is 10.0 Å². The summed E-state index contributed by atoms with van der Waals surface area (Å²) in [6.07, 6.45) is 0. The van der Waals surface area contributed by atoms with Gasteiger partial charge in [-0.3, -0.25) is 4.79 Å². The number of carbonyl (C=O) groups is 1. The first kappa shape index (κ1) is 17.5. The third-order valence-electron chi connectivity index (χ3n) is 3.00. The summed E-state index contributed by atoms with van der Waals surface area (Å²) in [5, 5.41) is 7.76. The Labute approximate surface area is 140 Å². The number of hydrogen-bond acceptors (Lipinski definition) is 4. The number of sulfonamides is 1. The van der Waals surface area contributed by atoms with Gasteiger partial charge in [-0.15, -0.1) is 11.8 Å². The monoisotopic (exact) mass is 350 g/mol. The van der Waals surface area contributed by atoms with Gasteiger partial charge in [0.1, 0.15) is 0 Å². The maximum Gasteiger partial charge on any atom is 0.234 e. The van der Waals surface area contributed by atoms with E-state index in [-0.39, 0.29) is 11.7 Å². The lowest BCUT2D eigenvalue weighted by atomic mass is 10.2. The van der Waals surface area contributed by atoms with Gasteiger partial charge < -0.3 is 5.32 Å². The van der Waals surface area contributed by atoms with Crippen LogP contribution in [-0.2, 0) is 20.6 Å². The minimum Gasteiger partial charge on any atom is -0.325 e. The molecule has 0 spiro atoms. The second kappa shape index (κ2) is 7.63. The lowest BCUT2D eigenvalue weighted by Crippen LogP contribution is -2.15. The van der Waals surface area contributed by atoms with Crippen molar-refractivity contribution in [3.8, 4) is 0 Å². The summed E-state index contributed by atoms with van der Waals surface area (Å²) in [5.41, 5.74) is 2.38. The Hall–Kier alpha value is -1.83. The number of thioether (sulfide) groups is 1. The van der Waals surface area contributed by atoms with E-state index in [0.29, 0.717) is 17.0 Å². The Morgan fingerprint density at radius 2 is 1.70 bits per heavy atom. The minimum absolute atomic E-state index is 0.116. The molecule has 0 saturated carbocycles. The first-order chi connectivity index (χ1) is 10.8. The van der Waals surface area contributed by atoms with Gasteiger partial charge in [-0.1, -0.05) is 29.8 Å². The van der Waals surface area contributed by atoms with Crippen LogP contribution < -0.4 is 10.5 Å². The van der Waals surface area contributed by atoms with Crippen LogP contribution in [0.1, 0.15) is 11.1 Å². The molecule has 0 saturated heterocycles. The summed E-state index contributed by atoms with van der Waals surface area (Å²) in [4.78, 5) is 13.0. The molecule has 0 radical (unpaired) electrons. The second-order valence-electron chi connectivity index (χ2n) is 5.15. The Kier molecular flexibility index (Phi) is 5.81. The van der Waals surface area contributed by atoms with Crippen LogP contribution in [0.15, 0.2) is 53.4 Å². The molecule has 0 atom stereocenters. The normalized spacial score (nSPS) is 11.2. The van der Waals surface area contributed by atoms with Crippen molar-refractivity contribution >= 4 is 33.4 Å². The van der Waals surface area contributed by atoms with Crippen LogP contribution in [0.5, 0.6) is 0 Å². The fourth-order valence-electron chi connectivity index (χ4n) is 1.90. The summed E-state index contributed by atoms with van der Waals surface area (Å²) in [6.45, 7) is 2.01. The van der Waals surface area contributed by atoms with Crippen molar-refractivity contribution in [3.05, 3.63) is 59.7 Å². The van der Waals surface area contributed by atoms with Crippen molar-refractivity contribution < 1.29 is 13.2 Å². The topological polar surface area (TPSA) is 89.3 Å². The number of nitrogens with two attached hydrogens (primary N) is 1. The van der Waals surface area contributed by atoms with Crippen LogP contribution in [0.2, 0.25) is 0 Å². The average Bonchev–Trinajstić information content (AvgIpc) is 2.47. The zero-order valence-electron chi connectivity index (χ0n) is 12.7. The summed E-state index contributed by atoms with van der Waals surface area (Å²) < 4.78 is 22.0. The van der Waals surface area contributed by atoms with E-state index in [2.05, 4.69) is 5.32 Å². The summed E-state index contributed by atoms with van der Waals surface area (Å²) >= 11 is 1.46. The van der Waals surface area contributed by atoms with Gasteiger partial charge in [0.2, 0.25) is 15.9 Å². The quantitative estimate of drug-likeness (QED) is 0.784. The van der Waals surface area contributed by atoms with Crippen LogP contribution in [-0.4, -0.2) is 20.1 Å². The molecule has 23 heavy (non-hydrogen) atoms. The summed E-state index contributed by atoms with van der Waals surface area (Å²) in [5.74, 6) is -0.0262. The SMILES string of the molecule is Cc1ccc(SCC(=O)Nc2ccc(CS(N)(=O)=O)cc2)cc1. The number of nitrogens with one attached hydrogen (secondary N) is 1. The fraction of sp³-hybridized carbons (Fsp3) is 0.188. The molecule has 0 aliphatic carbocycles. The number of primary sulfonamides is 1. The molecule has 2 aromatic carbocycles. The van der Waals surface area contributed by atoms with E-state index in [0.717, 1.165) is 4.90 Å². The van der Waals surface area contributed by atoms with Gasteiger partial charge in [0.15, 0.2) is 0 Å². The van der Waals surface area contributed by atoms with Gasteiger partial charge in [-0.05, 0) is 36.8 Å². The van der Waals surface area contributed by atoms with E-state index in [9.17, 15) is 13.2 Å². The fourth-order valence-corrected chi connectivity index (χ4v) is 3.25.